The molecule has 0 saturated carbocycles. The van der Waals surface area contributed by atoms with Crippen molar-refractivity contribution in [1.29, 1.82) is 0 Å². The maximum atomic E-state index is 11.7. The van der Waals surface area contributed by atoms with E-state index in [1.165, 1.54) is 0 Å². The topological polar surface area (TPSA) is 46.6 Å². The van der Waals surface area contributed by atoms with Gasteiger partial charge in [0.2, 0.25) is 0 Å². The number of likely N-dealkylation sites (N-methyl/N-ethyl adjacent to an activating group) is 1. The highest BCUT2D eigenvalue weighted by Crippen LogP contribution is 2.27. The van der Waals surface area contributed by atoms with Crippen molar-refractivity contribution >= 4 is 40.6 Å². The van der Waals surface area contributed by atoms with E-state index in [0.29, 0.717) is 15.7 Å². The smallest absolute Gasteiger partial charge is 0.313 e. The number of esters is 1. The van der Waals surface area contributed by atoms with E-state index in [0.717, 1.165) is 0 Å². The van der Waals surface area contributed by atoms with Crippen LogP contribution in [0.4, 0.5) is 5.69 Å². The molecule has 0 aliphatic rings. The molecule has 0 heterocycles. The van der Waals surface area contributed by atoms with Crippen LogP contribution in [-0.4, -0.2) is 32.0 Å². The molecule has 0 N–H and O–H groups in total. The minimum Gasteiger partial charge on any atom is -0.466 e. The van der Waals surface area contributed by atoms with Gasteiger partial charge in [-0.3, -0.25) is 9.59 Å². The summed E-state index contributed by atoms with van der Waals surface area (Å²) < 4.78 is 4.72. The van der Waals surface area contributed by atoms with Crippen molar-refractivity contribution in [1.82, 2.24) is 0 Å². The molecule has 0 aromatic heterocycles. The van der Waals surface area contributed by atoms with Gasteiger partial charge in [0, 0.05) is 12.1 Å². The van der Waals surface area contributed by atoms with Crippen LogP contribution in [0.3, 0.4) is 0 Å². The Balaban J connectivity index is 2.61. The lowest BCUT2D eigenvalue weighted by Crippen LogP contribution is -2.27. The zero-order valence-electron chi connectivity index (χ0n) is 10.8. The van der Waals surface area contributed by atoms with Crippen molar-refractivity contribution in [2.45, 2.75) is 13.3 Å². The average molecular weight is 304 g/mol. The molecule has 1 aromatic carbocycles. The summed E-state index contributed by atoms with van der Waals surface area (Å²) in [6.07, 6.45) is -0.233. The van der Waals surface area contributed by atoms with E-state index in [-0.39, 0.29) is 25.4 Å². The van der Waals surface area contributed by atoms with Crippen LogP contribution in [0.5, 0.6) is 0 Å². The molecule has 0 radical (unpaired) electrons. The second-order valence-corrected chi connectivity index (χ2v) is 4.82. The summed E-state index contributed by atoms with van der Waals surface area (Å²) in [6, 6.07) is 5.02. The summed E-state index contributed by atoms with van der Waals surface area (Å²) in [5.74, 6) is -0.741. The van der Waals surface area contributed by atoms with Gasteiger partial charge in [-0.05, 0) is 25.1 Å². The van der Waals surface area contributed by atoms with Gasteiger partial charge in [-0.1, -0.05) is 23.2 Å². The number of hydrogen-bond donors (Lipinski definition) is 0. The third-order valence-corrected chi connectivity index (χ3v) is 2.92. The van der Waals surface area contributed by atoms with E-state index in [2.05, 4.69) is 0 Å². The van der Waals surface area contributed by atoms with Gasteiger partial charge in [0.1, 0.15) is 6.42 Å². The Labute approximate surface area is 122 Å². The summed E-state index contributed by atoms with van der Waals surface area (Å²) in [6.45, 7) is 2.05. The van der Waals surface area contributed by atoms with Crippen molar-refractivity contribution in [3.05, 3.63) is 28.2 Å². The lowest BCUT2D eigenvalue weighted by molar-refractivity contribution is -0.145. The first-order valence-corrected chi connectivity index (χ1v) is 6.53. The molecule has 0 fully saturated rings. The van der Waals surface area contributed by atoms with Crippen molar-refractivity contribution in [2.24, 2.45) is 0 Å². The number of halogens is 2. The molecule has 6 heteroatoms. The summed E-state index contributed by atoms with van der Waals surface area (Å²) in [5, 5.41) is 0.985. The summed E-state index contributed by atoms with van der Waals surface area (Å²) >= 11 is 11.8. The van der Waals surface area contributed by atoms with Crippen LogP contribution in [0.25, 0.3) is 0 Å². The zero-order chi connectivity index (χ0) is 14.4. The minimum absolute atomic E-state index is 0.0835. The third kappa shape index (κ3) is 5.09. The van der Waals surface area contributed by atoms with E-state index in [9.17, 15) is 9.59 Å². The minimum atomic E-state index is -0.511. The van der Waals surface area contributed by atoms with Gasteiger partial charge < -0.3 is 9.64 Å². The van der Waals surface area contributed by atoms with E-state index < -0.39 is 5.97 Å². The number of nitrogens with zero attached hydrogens (tertiary/aromatic N) is 1. The molecule has 0 unspecified atom stereocenters. The van der Waals surface area contributed by atoms with Gasteiger partial charge >= 0.3 is 5.97 Å². The second-order valence-electron chi connectivity index (χ2n) is 3.97. The quantitative estimate of drug-likeness (QED) is 0.599. The number of benzene rings is 1. The molecule has 104 valence electrons. The monoisotopic (exact) mass is 303 g/mol. The van der Waals surface area contributed by atoms with Gasteiger partial charge in [0.15, 0.2) is 5.78 Å². The maximum absolute atomic E-state index is 11.7. The molecule has 4 nitrogen and oxygen atoms in total. The maximum Gasteiger partial charge on any atom is 0.313 e. The Kier molecular flexibility index (Phi) is 6.12. The largest absolute Gasteiger partial charge is 0.466 e. The number of rotatable bonds is 6. The molecule has 0 saturated heterocycles. The molecule has 0 amide bonds. The van der Waals surface area contributed by atoms with Crippen LogP contribution in [0, 0.1) is 0 Å². The van der Waals surface area contributed by atoms with Crippen LogP contribution in [0.1, 0.15) is 13.3 Å². The van der Waals surface area contributed by atoms with Crippen LogP contribution < -0.4 is 4.90 Å². The standard InChI is InChI=1S/C13H15Cl2NO3/c1-3-19-13(18)7-10(17)8-16(2)12-5-4-9(14)6-11(12)15/h4-6H,3,7-8H2,1-2H3. The van der Waals surface area contributed by atoms with E-state index >= 15 is 0 Å². The van der Waals surface area contributed by atoms with E-state index in [1.807, 2.05) is 0 Å². The van der Waals surface area contributed by atoms with Gasteiger partial charge in [-0.2, -0.15) is 0 Å². The molecule has 19 heavy (non-hydrogen) atoms. The Bertz CT molecular complexity index is 477. The number of hydrogen-bond acceptors (Lipinski definition) is 4. The molecule has 0 aliphatic heterocycles. The number of Topliss-reactive ketones (excluding diaryl/α,β-unsaturated/α-hetero) is 1. The summed E-state index contributed by atoms with van der Waals surface area (Å²) in [5.41, 5.74) is 0.684. The van der Waals surface area contributed by atoms with Crippen molar-refractivity contribution < 1.29 is 14.3 Å². The number of carbonyl (C=O) groups excluding carboxylic acids is 2. The highest BCUT2D eigenvalue weighted by atomic mass is 35.5. The Morgan fingerprint density at radius 1 is 1.32 bits per heavy atom. The molecule has 0 bridgehead atoms. The lowest BCUT2D eigenvalue weighted by Gasteiger charge is -2.19. The first kappa shape index (κ1) is 15.8. The Hall–Kier alpha value is -1.26. The van der Waals surface area contributed by atoms with Gasteiger partial charge in [0.25, 0.3) is 0 Å². The third-order valence-electron chi connectivity index (χ3n) is 2.38. The van der Waals surface area contributed by atoms with Crippen LogP contribution in [-0.2, 0) is 14.3 Å². The average Bonchev–Trinajstić information content (AvgIpc) is 2.28. The highest BCUT2D eigenvalue weighted by molar-refractivity contribution is 6.36. The molecule has 1 aromatic rings. The molecule has 0 atom stereocenters. The Morgan fingerprint density at radius 2 is 2.00 bits per heavy atom. The van der Waals surface area contributed by atoms with Gasteiger partial charge in [-0.25, -0.2) is 0 Å². The van der Waals surface area contributed by atoms with E-state index in [4.69, 9.17) is 27.9 Å². The summed E-state index contributed by atoms with van der Waals surface area (Å²) in [4.78, 5) is 24.5. The van der Waals surface area contributed by atoms with Gasteiger partial charge in [0.05, 0.1) is 23.9 Å². The fourth-order valence-corrected chi connectivity index (χ4v) is 2.12. The molecule has 0 spiro atoms. The Morgan fingerprint density at radius 3 is 2.58 bits per heavy atom. The SMILES string of the molecule is CCOC(=O)CC(=O)CN(C)c1ccc(Cl)cc1Cl. The van der Waals surface area contributed by atoms with Gasteiger partial charge in [-0.15, -0.1) is 0 Å². The molecular weight excluding hydrogens is 289 g/mol. The number of ketones is 1. The summed E-state index contributed by atoms with van der Waals surface area (Å²) in [7, 11) is 1.72. The van der Waals surface area contributed by atoms with Crippen LogP contribution >= 0.6 is 23.2 Å². The van der Waals surface area contributed by atoms with E-state index in [1.54, 1.807) is 37.1 Å². The first-order valence-electron chi connectivity index (χ1n) is 5.77. The predicted molar refractivity (Wildman–Crippen MR) is 76.0 cm³/mol. The normalized spacial score (nSPS) is 10.1. The lowest BCUT2D eigenvalue weighted by atomic mass is 10.2. The number of ether oxygens (including phenoxy) is 1. The first-order chi connectivity index (χ1) is 8.93. The number of carbonyl (C=O) groups is 2. The molecule has 0 aliphatic carbocycles. The number of anilines is 1. The molecular formula is C13H15Cl2NO3. The predicted octanol–water partition coefficient (Wildman–Crippen LogP) is 2.95. The van der Waals surface area contributed by atoms with Crippen LogP contribution in [0.15, 0.2) is 18.2 Å². The van der Waals surface area contributed by atoms with Crippen molar-refractivity contribution in [2.75, 3.05) is 25.1 Å². The van der Waals surface area contributed by atoms with Crippen LogP contribution in [0.2, 0.25) is 10.0 Å². The fourth-order valence-electron chi connectivity index (χ4n) is 1.57. The highest BCUT2D eigenvalue weighted by Gasteiger charge is 2.14. The van der Waals surface area contributed by atoms with Crippen molar-refractivity contribution in [3.8, 4) is 0 Å². The zero-order valence-corrected chi connectivity index (χ0v) is 12.3. The fraction of sp³-hybridized carbons (Fsp3) is 0.385. The molecule has 1 rings (SSSR count). The second kappa shape index (κ2) is 7.36. The van der Waals surface area contributed by atoms with Crippen molar-refractivity contribution in [3.63, 3.8) is 0 Å².